The van der Waals surface area contributed by atoms with Crippen LogP contribution in [0.5, 0.6) is 0 Å². The van der Waals surface area contributed by atoms with Crippen molar-refractivity contribution in [2.24, 2.45) is 5.73 Å². The summed E-state index contributed by atoms with van der Waals surface area (Å²) in [6.45, 7) is 6.81. The third-order valence-corrected chi connectivity index (χ3v) is 6.52. The van der Waals surface area contributed by atoms with Crippen molar-refractivity contribution in [1.29, 1.82) is 0 Å². The van der Waals surface area contributed by atoms with Crippen LogP contribution < -0.4 is 26.4 Å². The van der Waals surface area contributed by atoms with Gasteiger partial charge in [0.2, 0.25) is 5.91 Å². The first-order valence-corrected chi connectivity index (χ1v) is 12.6. The number of hydrogen-bond acceptors (Lipinski definition) is 7. The van der Waals surface area contributed by atoms with E-state index in [4.69, 9.17) is 18.0 Å². The number of thiocarbonyl (C=S) groups is 1. The molecule has 0 aliphatic rings. The summed E-state index contributed by atoms with van der Waals surface area (Å²) >= 11 is 8.42. The smallest absolute Gasteiger partial charge is 0.221 e. The van der Waals surface area contributed by atoms with Crippen molar-refractivity contribution in [3.8, 4) is 21.0 Å². The molecule has 0 aliphatic heterocycles. The summed E-state index contributed by atoms with van der Waals surface area (Å²) in [5.41, 5.74) is 9.36. The minimum absolute atomic E-state index is 0.104. The molecule has 33 heavy (non-hydrogen) atoms. The van der Waals surface area contributed by atoms with Gasteiger partial charge in [0.15, 0.2) is 5.11 Å². The molecule has 0 unspecified atom stereocenters. The largest absolute Gasteiger partial charge is 0.360 e. The van der Waals surface area contributed by atoms with Crippen molar-refractivity contribution in [3.63, 3.8) is 0 Å². The van der Waals surface area contributed by atoms with Crippen LogP contribution in [-0.4, -0.2) is 35.1 Å². The van der Waals surface area contributed by atoms with E-state index in [1.165, 1.54) is 18.9 Å². The number of nitrogens with one attached hydrogen (secondary N) is 4. The second-order valence-corrected chi connectivity index (χ2v) is 9.91. The molecule has 3 rings (SSSR count). The number of nitrogens with two attached hydrogens (primary N) is 1. The molecule has 0 bridgehead atoms. The van der Waals surface area contributed by atoms with Gasteiger partial charge in [-0.25, -0.2) is 4.98 Å². The second kappa shape index (κ2) is 12.1. The zero-order valence-corrected chi connectivity index (χ0v) is 21.2. The molecule has 0 atom stereocenters. The van der Waals surface area contributed by atoms with Gasteiger partial charge in [0, 0.05) is 59.6 Å². The summed E-state index contributed by atoms with van der Waals surface area (Å²) in [6.07, 6.45) is 1.88. The fraction of sp³-hybridized carbons (Fsp3) is 0.261. The predicted molar refractivity (Wildman–Crippen MR) is 145 cm³/mol. The third kappa shape index (κ3) is 7.51. The van der Waals surface area contributed by atoms with E-state index >= 15 is 0 Å². The van der Waals surface area contributed by atoms with Gasteiger partial charge in [-0.05, 0) is 74.4 Å². The molecule has 0 fully saturated rings. The van der Waals surface area contributed by atoms with Crippen molar-refractivity contribution in [1.82, 2.24) is 15.0 Å². The van der Waals surface area contributed by atoms with E-state index in [0.717, 1.165) is 37.3 Å². The zero-order chi connectivity index (χ0) is 23.8. The summed E-state index contributed by atoms with van der Waals surface area (Å²) < 4.78 is 3.25. The fourth-order valence-corrected chi connectivity index (χ4v) is 5.17. The summed E-state index contributed by atoms with van der Waals surface area (Å²) in [5.74, 6) is -0.104. The topological polar surface area (TPSA) is 104 Å². The molecule has 10 heteroatoms. The molecule has 0 saturated heterocycles. The number of nitrogens with zero attached hydrogens (tertiary/aromatic N) is 1. The Morgan fingerprint density at radius 3 is 2.55 bits per heavy atom. The quantitative estimate of drug-likeness (QED) is 0.164. The van der Waals surface area contributed by atoms with Crippen molar-refractivity contribution >= 4 is 57.9 Å². The molecule has 2 aromatic carbocycles. The van der Waals surface area contributed by atoms with Gasteiger partial charge in [0.05, 0.1) is 4.88 Å². The minimum Gasteiger partial charge on any atom is -0.360 e. The van der Waals surface area contributed by atoms with Crippen LogP contribution in [0.25, 0.3) is 21.0 Å². The monoisotopic (exact) mass is 500 g/mol. The molecule has 174 valence electrons. The molecule has 1 heterocycles. The molecule has 6 N–H and O–H groups in total. The van der Waals surface area contributed by atoms with Gasteiger partial charge in [-0.15, -0.1) is 11.3 Å². The molecule has 0 saturated carbocycles. The Labute approximate surface area is 208 Å². The van der Waals surface area contributed by atoms with Crippen LogP contribution >= 0.6 is 35.5 Å². The lowest BCUT2D eigenvalue weighted by Gasteiger charge is -2.13. The average molecular weight is 501 g/mol. The van der Waals surface area contributed by atoms with Crippen LogP contribution in [0.3, 0.4) is 0 Å². The predicted octanol–water partition coefficient (Wildman–Crippen LogP) is 4.69. The van der Waals surface area contributed by atoms with E-state index in [1.54, 1.807) is 11.3 Å². The maximum absolute atomic E-state index is 11.5. The normalized spacial score (nSPS) is 10.8. The number of carbonyl (C=O) groups excluding carboxylic acids is 1. The molecule has 1 aromatic heterocycles. The van der Waals surface area contributed by atoms with Gasteiger partial charge < -0.3 is 21.7 Å². The zero-order valence-electron chi connectivity index (χ0n) is 18.8. The summed E-state index contributed by atoms with van der Waals surface area (Å²) in [4.78, 5) is 18.1. The van der Waals surface area contributed by atoms with Gasteiger partial charge >= 0.3 is 0 Å². The first-order chi connectivity index (χ1) is 15.9. The summed E-state index contributed by atoms with van der Waals surface area (Å²) in [5, 5.41) is 10.7. The number of rotatable bonds is 9. The summed E-state index contributed by atoms with van der Waals surface area (Å²) in [6, 6.07) is 14.2. The van der Waals surface area contributed by atoms with E-state index in [2.05, 4.69) is 25.7 Å². The number of thiazole rings is 1. The Morgan fingerprint density at radius 2 is 1.88 bits per heavy atom. The van der Waals surface area contributed by atoms with E-state index in [1.807, 2.05) is 62.5 Å². The summed E-state index contributed by atoms with van der Waals surface area (Å²) in [7, 11) is 0. The Hall–Kier alpha value is -2.50. The molecule has 3 aromatic rings. The van der Waals surface area contributed by atoms with Crippen molar-refractivity contribution in [3.05, 3.63) is 48.7 Å². The molecule has 0 radical (unpaired) electrons. The molecule has 0 aliphatic carbocycles. The standard InChI is InChI=1S/C23H28N6OS3/c1-14(2)27-23(31)29-17-6-4-16(5-7-17)22-25-13-21(32-22)19-9-8-18(28-15(3)30)12-20(19)33-26-11-10-24/h4-9,12-14,26H,10-11,24H2,1-3H3,(H,28,30)(H2,27,29,31). The van der Waals surface area contributed by atoms with Gasteiger partial charge in [-0.1, -0.05) is 6.07 Å². The molecular formula is C23H28N6OS3. The second-order valence-electron chi connectivity index (χ2n) is 7.54. The Balaban J connectivity index is 1.80. The van der Waals surface area contributed by atoms with E-state index < -0.39 is 0 Å². The van der Waals surface area contributed by atoms with Crippen LogP contribution in [0.2, 0.25) is 0 Å². The number of benzene rings is 2. The number of aromatic nitrogens is 1. The Bertz CT molecular complexity index is 1100. The fourth-order valence-electron chi connectivity index (χ4n) is 2.94. The molecule has 7 nitrogen and oxygen atoms in total. The maximum atomic E-state index is 11.5. The van der Waals surface area contributed by atoms with Crippen LogP contribution in [0.1, 0.15) is 20.8 Å². The maximum Gasteiger partial charge on any atom is 0.221 e. The van der Waals surface area contributed by atoms with Gasteiger partial charge in [-0.3, -0.25) is 9.52 Å². The first kappa shape index (κ1) is 25.1. The van der Waals surface area contributed by atoms with E-state index in [-0.39, 0.29) is 11.9 Å². The lowest BCUT2D eigenvalue weighted by molar-refractivity contribution is -0.114. The van der Waals surface area contributed by atoms with Gasteiger partial charge in [-0.2, -0.15) is 0 Å². The van der Waals surface area contributed by atoms with Crippen molar-refractivity contribution < 1.29 is 4.79 Å². The van der Waals surface area contributed by atoms with Crippen LogP contribution in [0, 0.1) is 0 Å². The van der Waals surface area contributed by atoms with Crippen LogP contribution in [-0.2, 0) is 4.79 Å². The lowest BCUT2D eigenvalue weighted by Crippen LogP contribution is -2.33. The minimum atomic E-state index is -0.104. The lowest BCUT2D eigenvalue weighted by atomic mass is 10.2. The first-order valence-electron chi connectivity index (χ1n) is 10.5. The highest BCUT2D eigenvalue weighted by Gasteiger charge is 2.13. The third-order valence-electron chi connectivity index (χ3n) is 4.31. The highest BCUT2D eigenvalue weighted by molar-refractivity contribution is 7.97. The average Bonchev–Trinajstić information content (AvgIpc) is 3.23. The SMILES string of the molecule is CC(=O)Nc1ccc(-c2cnc(-c3ccc(NC(=S)NC(C)C)cc3)s2)c(SNCCN)c1. The van der Waals surface area contributed by atoms with Gasteiger partial charge in [0.1, 0.15) is 5.01 Å². The highest BCUT2D eigenvalue weighted by atomic mass is 32.2. The van der Waals surface area contributed by atoms with Crippen molar-refractivity contribution in [2.45, 2.75) is 31.7 Å². The molecule has 0 spiro atoms. The molecular weight excluding hydrogens is 472 g/mol. The highest BCUT2D eigenvalue weighted by Crippen LogP contribution is 2.38. The van der Waals surface area contributed by atoms with Crippen molar-refractivity contribution in [2.75, 3.05) is 23.7 Å². The Kier molecular flexibility index (Phi) is 9.21. The van der Waals surface area contributed by atoms with E-state index in [9.17, 15) is 4.79 Å². The number of anilines is 2. The Morgan fingerprint density at radius 1 is 1.15 bits per heavy atom. The number of carbonyl (C=O) groups is 1. The van der Waals surface area contributed by atoms with Crippen LogP contribution in [0.4, 0.5) is 11.4 Å². The molecule has 1 amide bonds. The van der Waals surface area contributed by atoms with Crippen LogP contribution in [0.15, 0.2) is 53.6 Å². The van der Waals surface area contributed by atoms with Gasteiger partial charge in [0.25, 0.3) is 0 Å². The number of hydrogen-bond donors (Lipinski definition) is 5. The van der Waals surface area contributed by atoms with E-state index in [0.29, 0.717) is 18.2 Å². The number of amides is 1.